The zero-order valence-electron chi connectivity index (χ0n) is 17.9. The van der Waals surface area contributed by atoms with Crippen molar-refractivity contribution in [3.05, 3.63) is 65.2 Å². The first-order chi connectivity index (χ1) is 14.3. The molecule has 0 saturated heterocycles. The number of hydrogen-bond acceptors (Lipinski definition) is 5. The molecule has 0 fully saturated rings. The van der Waals surface area contributed by atoms with Crippen LogP contribution >= 0.6 is 11.8 Å². The molecule has 0 aromatic heterocycles. The predicted octanol–water partition coefficient (Wildman–Crippen LogP) is 4.60. The first kappa shape index (κ1) is 23.7. The number of esters is 1. The van der Waals surface area contributed by atoms with Crippen molar-refractivity contribution in [2.75, 3.05) is 12.4 Å². The van der Waals surface area contributed by atoms with Gasteiger partial charge in [0.2, 0.25) is 0 Å². The van der Waals surface area contributed by atoms with Crippen LogP contribution in [-0.4, -0.2) is 30.0 Å². The highest BCUT2D eigenvalue weighted by atomic mass is 32.2. The van der Waals surface area contributed by atoms with Crippen LogP contribution in [0.3, 0.4) is 0 Å². The smallest absolute Gasteiger partial charge is 0.339 e. The molecule has 1 N–H and O–H groups in total. The summed E-state index contributed by atoms with van der Waals surface area (Å²) < 4.78 is 5.19. The first-order valence-corrected chi connectivity index (χ1v) is 11.0. The van der Waals surface area contributed by atoms with Gasteiger partial charge in [0, 0.05) is 4.90 Å². The van der Waals surface area contributed by atoms with Crippen LogP contribution in [0.25, 0.3) is 0 Å². The minimum Gasteiger partial charge on any atom is -0.452 e. The molecule has 0 aliphatic heterocycles. The van der Waals surface area contributed by atoms with Gasteiger partial charge in [-0.05, 0) is 49.4 Å². The van der Waals surface area contributed by atoms with Crippen LogP contribution in [0.5, 0.6) is 0 Å². The van der Waals surface area contributed by atoms with E-state index in [4.69, 9.17) is 4.74 Å². The van der Waals surface area contributed by atoms with Gasteiger partial charge >= 0.3 is 5.97 Å². The Morgan fingerprint density at radius 1 is 1.00 bits per heavy atom. The molecule has 0 spiro atoms. The maximum absolute atomic E-state index is 12.4. The maximum atomic E-state index is 12.4. The number of Topliss-reactive ketones (excluding diaryl/α,β-unsaturated/α-hetero) is 1. The highest BCUT2D eigenvalue weighted by Gasteiger charge is 2.16. The number of ketones is 1. The second-order valence-corrected chi connectivity index (χ2v) is 8.71. The van der Waals surface area contributed by atoms with Crippen molar-refractivity contribution in [1.29, 1.82) is 0 Å². The van der Waals surface area contributed by atoms with Crippen molar-refractivity contribution in [2.24, 2.45) is 5.92 Å². The number of carbonyl (C=O) groups is 3. The van der Waals surface area contributed by atoms with Crippen LogP contribution in [0, 0.1) is 5.92 Å². The van der Waals surface area contributed by atoms with Gasteiger partial charge < -0.3 is 10.1 Å². The highest BCUT2D eigenvalue weighted by Crippen LogP contribution is 2.23. The van der Waals surface area contributed by atoms with E-state index in [0.717, 1.165) is 12.0 Å². The fourth-order valence-electron chi connectivity index (χ4n) is 2.93. The molecule has 0 aliphatic rings. The molecule has 0 radical (unpaired) electrons. The quantitative estimate of drug-likeness (QED) is 0.443. The van der Waals surface area contributed by atoms with E-state index >= 15 is 0 Å². The summed E-state index contributed by atoms with van der Waals surface area (Å²) in [7, 11) is 0. The van der Waals surface area contributed by atoms with Crippen LogP contribution < -0.4 is 5.32 Å². The zero-order chi connectivity index (χ0) is 22.1. The molecule has 0 aliphatic carbocycles. The SMILES string of the molecule is CC(=O)CSc1ccccc1C(=O)OCC(=O)N[C@H](C)c1ccc(CC(C)C)cc1. The average molecular weight is 428 g/mol. The normalized spacial score (nSPS) is 11.8. The second-order valence-electron chi connectivity index (χ2n) is 7.69. The summed E-state index contributed by atoms with van der Waals surface area (Å²) in [5.41, 5.74) is 2.61. The largest absolute Gasteiger partial charge is 0.452 e. The summed E-state index contributed by atoms with van der Waals surface area (Å²) in [5.74, 6) is -0.0565. The minimum atomic E-state index is -0.581. The number of benzene rings is 2. The summed E-state index contributed by atoms with van der Waals surface area (Å²) in [6.45, 7) is 7.39. The lowest BCUT2D eigenvalue weighted by molar-refractivity contribution is -0.124. The van der Waals surface area contributed by atoms with Crippen LogP contribution in [0.2, 0.25) is 0 Å². The molecule has 0 unspecified atom stereocenters. The van der Waals surface area contributed by atoms with Gasteiger partial charge in [0.1, 0.15) is 5.78 Å². The predicted molar refractivity (Wildman–Crippen MR) is 120 cm³/mol. The van der Waals surface area contributed by atoms with Crippen LogP contribution in [0.15, 0.2) is 53.4 Å². The molecule has 2 rings (SSSR count). The lowest BCUT2D eigenvalue weighted by atomic mass is 10.00. The number of hydrogen-bond donors (Lipinski definition) is 1. The summed E-state index contributed by atoms with van der Waals surface area (Å²) >= 11 is 1.28. The molecule has 0 saturated carbocycles. The molecule has 0 bridgehead atoms. The lowest BCUT2D eigenvalue weighted by Gasteiger charge is -2.15. The van der Waals surface area contributed by atoms with E-state index in [1.54, 1.807) is 24.3 Å². The van der Waals surface area contributed by atoms with Crippen molar-refractivity contribution in [2.45, 2.75) is 45.1 Å². The van der Waals surface area contributed by atoms with E-state index in [2.05, 4.69) is 31.3 Å². The third-order valence-corrected chi connectivity index (χ3v) is 5.59. The molecule has 2 aromatic rings. The van der Waals surface area contributed by atoms with E-state index in [1.165, 1.54) is 24.2 Å². The Balaban J connectivity index is 1.88. The minimum absolute atomic E-state index is 0.0220. The van der Waals surface area contributed by atoms with Gasteiger partial charge in [0.25, 0.3) is 5.91 Å². The third kappa shape index (κ3) is 7.67. The van der Waals surface area contributed by atoms with Crippen LogP contribution in [0.1, 0.15) is 55.2 Å². The van der Waals surface area contributed by atoms with Gasteiger partial charge in [-0.25, -0.2) is 4.79 Å². The van der Waals surface area contributed by atoms with Gasteiger partial charge in [-0.15, -0.1) is 11.8 Å². The molecule has 5 nitrogen and oxygen atoms in total. The summed E-state index contributed by atoms with van der Waals surface area (Å²) in [4.78, 5) is 36.5. The van der Waals surface area contributed by atoms with E-state index in [1.807, 2.05) is 19.1 Å². The number of rotatable bonds is 10. The monoisotopic (exact) mass is 427 g/mol. The molecule has 1 amide bonds. The molecule has 30 heavy (non-hydrogen) atoms. The van der Waals surface area contributed by atoms with E-state index in [-0.39, 0.29) is 30.1 Å². The number of thioether (sulfide) groups is 1. The molecular weight excluding hydrogens is 398 g/mol. The Morgan fingerprint density at radius 2 is 1.67 bits per heavy atom. The van der Waals surface area contributed by atoms with Crippen molar-refractivity contribution in [3.8, 4) is 0 Å². The molecule has 1 atom stereocenters. The van der Waals surface area contributed by atoms with Crippen LogP contribution in [-0.2, 0) is 20.7 Å². The number of amides is 1. The van der Waals surface area contributed by atoms with Crippen molar-refractivity contribution in [1.82, 2.24) is 5.32 Å². The molecule has 0 heterocycles. The summed E-state index contributed by atoms with van der Waals surface area (Å²) in [5, 5.41) is 2.85. The Kier molecular flexibility index (Phi) is 9.12. The van der Waals surface area contributed by atoms with Gasteiger partial charge in [-0.2, -0.15) is 0 Å². The molecule has 2 aromatic carbocycles. The Hall–Kier alpha value is -2.60. The topological polar surface area (TPSA) is 72.5 Å². The Morgan fingerprint density at radius 3 is 2.30 bits per heavy atom. The van der Waals surface area contributed by atoms with Crippen LogP contribution in [0.4, 0.5) is 0 Å². The molecule has 6 heteroatoms. The third-order valence-electron chi connectivity index (χ3n) is 4.37. The van der Waals surface area contributed by atoms with Crippen molar-refractivity contribution in [3.63, 3.8) is 0 Å². The highest BCUT2D eigenvalue weighted by molar-refractivity contribution is 8.00. The van der Waals surface area contributed by atoms with Gasteiger partial charge in [0.15, 0.2) is 6.61 Å². The van der Waals surface area contributed by atoms with Crippen molar-refractivity contribution < 1.29 is 19.1 Å². The van der Waals surface area contributed by atoms with E-state index in [9.17, 15) is 14.4 Å². The standard InChI is InChI=1S/C24H29NO4S/c1-16(2)13-19-9-11-20(12-10-19)18(4)25-23(27)14-29-24(28)21-7-5-6-8-22(21)30-15-17(3)26/h5-12,16,18H,13-15H2,1-4H3,(H,25,27)/t18-/m1/s1. The maximum Gasteiger partial charge on any atom is 0.339 e. The van der Waals surface area contributed by atoms with Gasteiger partial charge in [-0.3, -0.25) is 9.59 Å². The fraction of sp³-hybridized carbons (Fsp3) is 0.375. The fourth-order valence-corrected chi connectivity index (χ4v) is 3.77. The number of ether oxygens (including phenoxy) is 1. The second kappa shape index (κ2) is 11.6. The summed E-state index contributed by atoms with van der Waals surface area (Å²) in [6.07, 6.45) is 1.02. The van der Waals surface area contributed by atoms with Gasteiger partial charge in [-0.1, -0.05) is 50.2 Å². The Bertz CT molecular complexity index is 877. The van der Waals surface area contributed by atoms with E-state index < -0.39 is 5.97 Å². The molecule has 160 valence electrons. The molecular formula is C24H29NO4S. The Labute approximate surface area is 182 Å². The average Bonchev–Trinajstić information content (AvgIpc) is 2.70. The number of nitrogens with one attached hydrogen (secondary N) is 1. The van der Waals surface area contributed by atoms with Gasteiger partial charge in [0.05, 0.1) is 17.4 Å². The van der Waals surface area contributed by atoms with Crippen molar-refractivity contribution >= 4 is 29.4 Å². The summed E-state index contributed by atoms with van der Waals surface area (Å²) in [6, 6.07) is 14.9. The zero-order valence-corrected chi connectivity index (χ0v) is 18.8. The lowest BCUT2D eigenvalue weighted by Crippen LogP contribution is -2.31. The first-order valence-electron chi connectivity index (χ1n) is 10.0. The van der Waals surface area contributed by atoms with E-state index in [0.29, 0.717) is 16.4 Å². The number of carbonyl (C=O) groups excluding carboxylic acids is 3.